The van der Waals surface area contributed by atoms with Gasteiger partial charge in [0.2, 0.25) is 0 Å². The second kappa shape index (κ2) is 5.47. The van der Waals surface area contributed by atoms with Crippen LogP contribution in [0.4, 0.5) is 0 Å². The van der Waals surface area contributed by atoms with Gasteiger partial charge in [-0.15, -0.1) is 0 Å². The number of allylic oxidation sites excluding steroid dienone is 4. The van der Waals surface area contributed by atoms with Crippen LogP contribution in [0, 0.1) is 0 Å². The molecule has 1 aliphatic rings. The number of hydrogen-bond acceptors (Lipinski definition) is 1. The third-order valence-corrected chi connectivity index (χ3v) is 3.10. The standard InChI is InChI=1S/C11H18S/c1-10(2)12-9-5-8-11-6-3-4-7-11/h3,6-7,10H,4-5,8-9H2,1-2H3. The molecule has 1 aliphatic carbocycles. The van der Waals surface area contributed by atoms with Gasteiger partial charge in [-0.2, -0.15) is 11.8 Å². The van der Waals surface area contributed by atoms with E-state index < -0.39 is 0 Å². The Bertz CT molecular complexity index is 177. The first-order valence-corrected chi connectivity index (χ1v) is 5.81. The molecule has 0 atom stereocenters. The highest BCUT2D eigenvalue weighted by atomic mass is 32.2. The predicted molar refractivity (Wildman–Crippen MR) is 58.7 cm³/mol. The van der Waals surface area contributed by atoms with E-state index in [4.69, 9.17) is 0 Å². The summed E-state index contributed by atoms with van der Waals surface area (Å²) in [6.07, 6.45) is 10.6. The van der Waals surface area contributed by atoms with Crippen LogP contribution in [0.5, 0.6) is 0 Å². The maximum Gasteiger partial charge on any atom is -0.000968 e. The highest BCUT2D eigenvalue weighted by molar-refractivity contribution is 7.99. The van der Waals surface area contributed by atoms with Crippen LogP contribution in [0.1, 0.15) is 33.1 Å². The first-order valence-electron chi connectivity index (χ1n) is 4.76. The Kier molecular flexibility index (Phi) is 4.52. The Morgan fingerprint density at radius 1 is 1.50 bits per heavy atom. The SMILES string of the molecule is CC(C)SCCCC1=CCC=C1. The first kappa shape index (κ1) is 9.91. The van der Waals surface area contributed by atoms with Crippen molar-refractivity contribution in [2.75, 3.05) is 5.75 Å². The Hall–Kier alpha value is -0.170. The fourth-order valence-corrected chi connectivity index (χ4v) is 2.07. The summed E-state index contributed by atoms with van der Waals surface area (Å²) >= 11 is 2.06. The summed E-state index contributed by atoms with van der Waals surface area (Å²) in [5, 5.41) is 0.790. The molecule has 0 bridgehead atoms. The maximum atomic E-state index is 2.33. The summed E-state index contributed by atoms with van der Waals surface area (Å²) in [7, 11) is 0. The van der Waals surface area contributed by atoms with Crippen LogP contribution in [0.25, 0.3) is 0 Å². The summed E-state index contributed by atoms with van der Waals surface area (Å²) < 4.78 is 0. The molecule has 0 radical (unpaired) electrons. The average Bonchev–Trinajstić information content (AvgIpc) is 2.49. The molecule has 0 fully saturated rings. The topological polar surface area (TPSA) is 0 Å². The van der Waals surface area contributed by atoms with E-state index in [0.29, 0.717) is 0 Å². The molecule has 0 spiro atoms. The molecule has 12 heavy (non-hydrogen) atoms. The Morgan fingerprint density at radius 2 is 2.33 bits per heavy atom. The highest BCUT2D eigenvalue weighted by Gasteiger charge is 1.98. The Balaban J connectivity index is 1.99. The third kappa shape index (κ3) is 4.01. The van der Waals surface area contributed by atoms with Crippen molar-refractivity contribution in [1.82, 2.24) is 0 Å². The summed E-state index contributed by atoms with van der Waals surface area (Å²) in [5.41, 5.74) is 1.54. The zero-order valence-corrected chi connectivity index (χ0v) is 8.86. The molecule has 0 nitrogen and oxygen atoms in total. The van der Waals surface area contributed by atoms with E-state index >= 15 is 0 Å². The largest absolute Gasteiger partial charge is 0.159 e. The normalized spacial score (nSPS) is 15.8. The van der Waals surface area contributed by atoms with E-state index in [1.807, 2.05) is 0 Å². The fourth-order valence-electron chi connectivity index (χ4n) is 1.29. The van der Waals surface area contributed by atoms with Gasteiger partial charge in [0, 0.05) is 0 Å². The summed E-state index contributed by atoms with van der Waals surface area (Å²) in [6, 6.07) is 0. The van der Waals surface area contributed by atoms with Gasteiger partial charge >= 0.3 is 0 Å². The summed E-state index contributed by atoms with van der Waals surface area (Å²) in [5.74, 6) is 1.31. The number of thioether (sulfide) groups is 1. The highest BCUT2D eigenvalue weighted by Crippen LogP contribution is 2.18. The van der Waals surface area contributed by atoms with Gasteiger partial charge in [-0.25, -0.2) is 0 Å². The smallest absolute Gasteiger partial charge is 0.000968 e. The first-order chi connectivity index (χ1) is 5.79. The molecule has 0 aliphatic heterocycles. The van der Waals surface area contributed by atoms with Crippen LogP contribution in [-0.2, 0) is 0 Å². The molecule has 0 amide bonds. The minimum atomic E-state index is 0.790. The van der Waals surface area contributed by atoms with Gasteiger partial charge in [-0.1, -0.05) is 37.6 Å². The monoisotopic (exact) mass is 182 g/mol. The number of hydrogen-bond donors (Lipinski definition) is 0. The van der Waals surface area contributed by atoms with E-state index in [9.17, 15) is 0 Å². The van der Waals surface area contributed by atoms with Crippen molar-refractivity contribution in [3.63, 3.8) is 0 Å². The zero-order chi connectivity index (χ0) is 8.81. The minimum absolute atomic E-state index is 0.790. The molecule has 0 saturated carbocycles. The zero-order valence-electron chi connectivity index (χ0n) is 8.05. The van der Waals surface area contributed by atoms with Crippen LogP contribution >= 0.6 is 11.8 Å². The van der Waals surface area contributed by atoms with Gasteiger partial charge in [0.15, 0.2) is 0 Å². The van der Waals surface area contributed by atoms with Crippen LogP contribution in [0.15, 0.2) is 23.8 Å². The van der Waals surface area contributed by atoms with Gasteiger partial charge in [0.1, 0.15) is 0 Å². The lowest BCUT2D eigenvalue weighted by atomic mass is 10.2. The average molecular weight is 182 g/mol. The van der Waals surface area contributed by atoms with E-state index in [0.717, 1.165) is 11.7 Å². The lowest BCUT2D eigenvalue weighted by molar-refractivity contribution is 0.933. The molecule has 68 valence electrons. The molecule has 0 N–H and O–H groups in total. The molecule has 0 aromatic rings. The second-order valence-corrected chi connectivity index (χ2v) is 5.12. The maximum absolute atomic E-state index is 2.33. The second-order valence-electron chi connectivity index (χ2n) is 3.44. The van der Waals surface area contributed by atoms with Gasteiger partial charge in [-0.3, -0.25) is 0 Å². The van der Waals surface area contributed by atoms with Crippen molar-refractivity contribution in [2.24, 2.45) is 0 Å². The molecule has 0 saturated heterocycles. The molecule has 1 rings (SSSR count). The van der Waals surface area contributed by atoms with Gasteiger partial charge in [-0.05, 0) is 30.3 Å². The lowest BCUT2D eigenvalue weighted by Crippen LogP contribution is -1.90. The van der Waals surface area contributed by atoms with Crippen LogP contribution in [0.2, 0.25) is 0 Å². The fraction of sp³-hybridized carbons (Fsp3) is 0.636. The quantitative estimate of drug-likeness (QED) is 0.583. The molecule has 0 heterocycles. The van der Waals surface area contributed by atoms with Crippen molar-refractivity contribution in [1.29, 1.82) is 0 Å². The van der Waals surface area contributed by atoms with Crippen molar-refractivity contribution >= 4 is 11.8 Å². The van der Waals surface area contributed by atoms with E-state index in [2.05, 4.69) is 43.8 Å². The molecular formula is C11H18S. The molecule has 0 unspecified atom stereocenters. The summed E-state index contributed by atoms with van der Waals surface area (Å²) in [6.45, 7) is 4.53. The van der Waals surface area contributed by atoms with Gasteiger partial charge in [0.25, 0.3) is 0 Å². The predicted octanol–water partition coefficient (Wildman–Crippen LogP) is 3.79. The molecule has 1 heteroatoms. The van der Waals surface area contributed by atoms with E-state index in [1.165, 1.54) is 18.6 Å². The van der Waals surface area contributed by atoms with Crippen molar-refractivity contribution in [3.05, 3.63) is 23.8 Å². The van der Waals surface area contributed by atoms with Crippen molar-refractivity contribution in [2.45, 2.75) is 38.4 Å². The Labute approximate surface area is 80.1 Å². The van der Waals surface area contributed by atoms with Crippen LogP contribution < -0.4 is 0 Å². The van der Waals surface area contributed by atoms with E-state index in [-0.39, 0.29) is 0 Å². The van der Waals surface area contributed by atoms with Crippen molar-refractivity contribution in [3.8, 4) is 0 Å². The summed E-state index contributed by atoms with van der Waals surface area (Å²) in [4.78, 5) is 0. The van der Waals surface area contributed by atoms with Gasteiger partial charge in [0.05, 0.1) is 0 Å². The Morgan fingerprint density at radius 3 is 2.92 bits per heavy atom. The molecule has 0 aromatic heterocycles. The minimum Gasteiger partial charge on any atom is -0.159 e. The number of rotatable bonds is 5. The van der Waals surface area contributed by atoms with Crippen LogP contribution in [-0.4, -0.2) is 11.0 Å². The third-order valence-electron chi connectivity index (χ3n) is 1.91. The van der Waals surface area contributed by atoms with Crippen molar-refractivity contribution < 1.29 is 0 Å². The molecule has 0 aromatic carbocycles. The lowest BCUT2D eigenvalue weighted by Gasteiger charge is -2.03. The van der Waals surface area contributed by atoms with Gasteiger partial charge < -0.3 is 0 Å². The molecular weight excluding hydrogens is 164 g/mol. The van der Waals surface area contributed by atoms with E-state index in [1.54, 1.807) is 5.57 Å². The van der Waals surface area contributed by atoms with Crippen LogP contribution in [0.3, 0.4) is 0 Å².